The van der Waals surface area contributed by atoms with Crippen LogP contribution in [-0.4, -0.2) is 12.4 Å². The average molecular weight is 336 g/mol. The lowest BCUT2D eigenvalue weighted by atomic mass is 9.92. The minimum atomic E-state index is -0.344. The van der Waals surface area contributed by atoms with E-state index in [0.29, 0.717) is 13.0 Å². The second-order valence-electron chi connectivity index (χ2n) is 6.42. The van der Waals surface area contributed by atoms with Gasteiger partial charge in [-0.15, -0.1) is 0 Å². The predicted molar refractivity (Wildman–Crippen MR) is 97.9 cm³/mol. The van der Waals surface area contributed by atoms with E-state index in [1.165, 1.54) is 0 Å². The van der Waals surface area contributed by atoms with Gasteiger partial charge < -0.3 is 9.47 Å². The predicted octanol–water partition coefficient (Wildman–Crippen LogP) is 5.01. The summed E-state index contributed by atoms with van der Waals surface area (Å²) in [5.41, 5.74) is 2.20. The number of hydrogen-bond donors (Lipinski definition) is 0. The molecule has 3 unspecified atom stereocenters. The molecule has 3 heteroatoms. The van der Waals surface area contributed by atoms with Crippen molar-refractivity contribution in [1.29, 1.82) is 0 Å². The van der Waals surface area contributed by atoms with E-state index in [-0.39, 0.29) is 24.1 Å². The minimum absolute atomic E-state index is 0.0258. The first-order chi connectivity index (χ1) is 12.2. The van der Waals surface area contributed by atoms with Crippen molar-refractivity contribution in [3.63, 3.8) is 0 Å². The Balaban J connectivity index is 1.74. The number of allylic oxidation sites excluding steroid dienone is 2. The van der Waals surface area contributed by atoms with Crippen LogP contribution in [-0.2, 0) is 14.3 Å². The van der Waals surface area contributed by atoms with E-state index in [4.69, 9.17) is 9.47 Å². The molecule has 2 aromatic rings. The topological polar surface area (TPSA) is 35.5 Å². The molecule has 1 aliphatic rings. The second kappa shape index (κ2) is 8.75. The summed E-state index contributed by atoms with van der Waals surface area (Å²) in [5.74, 6) is 0.404. The van der Waals surface area contributed by atoms with Crippen LogP contribution in [0.3, 0.4) is 0 Å². The number of ketones is 1. The maximum Gasteiger partial charge on any atom is 0.184 e. The quantitative estimate of drug-likeness (QED) is 0.695. The summed E-state index contributed by atoms with van der Waals surface area (Å²) < 4.78 is 12.3. The van der Waals surface area contributed by atoms with Gasteiger partial charge in [-0.05, 0) is 18.9 Å². The molecule has 25 heavy (non-hydrogen) atoms. The highest BCUT2D eigenvalue weighted by Crippen LogP contribution is 2.39. The van der Waals surface area contributed by atoms with Gasteiger partial charge in [-0.3, -0.25) is 4.79 Å². The van der Waals surface area contributed by atoms with Gasteiger partial charge in [-0.2, -0.15) is 0 Å². The lowest BCUT2D eigenvalue weighted by Crippen LogP contribution is -2.30. The molecule has 0 amide bonds. The van der Waals surface area contributed by atoms with E-state index >= 15 is 0 Å². The first-order valence-corrected chi connectivity index (χ1v) is 8.75. The zero-order valence-electron chi connectivity index (χ0n) is 14.5. The van der Waals surface area contributed by atoms with Gasteiger partial charge in [0.25, 0.3) is 0 Å². The van der Waals surface area contributed by atoms with E-state index < -0.39 is 0 Å². The summed E-state index contributed by atoms with van der Waals surface area (Å²) in [7, 11) is 0. The summed E-state index contributed by atoms with van der Waals surface area (Å²) >= 11 is 0. The van der Waals surface area contributed by atoms with Gasteiger partial charge in [0.1, 0.15) is 5.78 Å². The number of hydrogen-bond acceptors (Lipinski definition) is 3. The summed E-state index contributed by atoms with van der Waals surface area (Å²) in [6, 6.07) is 20.3. The highest BCUT2D eigenvalue weighted by molar-refractivity contribution is 5.76. The summed E-state index contributed by atoms with van der Waals surface area (Å²) in [6.07, 6.45) is 4.95. The molecule has 1 fully saturated rings. The van der Waals surface area contributed by atoms with Crippen molar-refractivity contribution < 1.29 is 14.3 Å². The van der Waals surface area contributed by atoms with Crippen LogP contribution < -0.4 is 0 Å². The van der Waals surface area contributed by atoms with Crippen molar-refractivity contribution in [2.75, 3.05) is 6.61 Å². The van der Waals surface area contributed by atoms with Crippen LogP contribution in [0.4, 0.5) is 0 Å². The zero-order valence-corrected chi connectivity index (χ0v) is 14.5. The molecule has 0 saturated carbocycles. The van der Waals surface area contributed by atoms with Crippen molar-refractivity contribution >= 4 is 5.78 Å². The lowest BCUT2D eigenvalue weighted by Gasteiger charge is -2.36. The molecule has 1 saturated heterocycles. The molecule has 0 N–H and O–H groups in total. The van der Waals surface area contributed by atoms with Gasteiger partial charge in [-0.1, -0.05) is 72.8 Å². The average Bonchev–Trinajstić information content (AvgIpc) is 2.66. The van der Waals surface area contributed by atoms with Crippen molar-refractivity contribution in [1.82, 2.24) is 0 Å². The molecule has 3 rings (SSSR count). The minimum Gasteiger partial charge on any atom is -0.348 e. The summed E-state index contributed by atoms with van der Waals surface area (Å²) in [4.78, 5) is 11.1. The fourth-order valence-corrected chi connectivity index (χ4v) is 3.07. The Morgan fingerprint density at radius 2 is 1.64 bits per heavy atom. The summed E-state index contributed by atoms with van der Waals surface area (Å²) in [6.45, 7) is 2.23. The lowest BCUT2D eigenvalue weighted by molar-refractivity contribution is -0.243. The Labute approximate surface area is 149 Å². The monoisotopic (exact) mass is 336 g/mol. The van der Waals surface area contributed by atoms with Gasteiger partial charge in [-0.25, -0.2) is 0 Å². The van der Waals surface area contributed by atoms with Crippen LogP contribution in [0.25, 0.3) is 0 Å². The van der Waals surface area contributed by atoms with Gasteiger partial charge in [0, 0.05) is 17.9 Å². The van der Waals surface area contributed by atoms with Crippen LogP contribution in [0.1, 0.15) is 43.3 Å². The SMILES string of the molecule is CC(=O)C/C=C\CC1COC(c2ccccc2)OC1c1ccccc1. The third kappa shape index (κ3) is 4.88. The maximum atomic E-state index is 11.1. The maximum absolute atomic E-state index is 11.1. The molecule has 2 aromatic carbocycles. The normalized spacial score (nSPS) is 23.6. The van der Waals surface area contributed by atoms with Crippen LogP contribution in [0.2, 0.25) is 0 Å². The Kier molecular flexibility index (Phi) is 6.15. The summed E-state index contributed by atoms with van der Waals surface area (Å²) in [5, 5.41) is 0. The Hall–Kier alpha value is -2.23. The number of carbonyl (C=O) groups is 1. The van der Waals surface area contributed by atoms with Crippen LogP contribution in [0.15, 0.2) is 72.8 Å². The Morgan fingerprint density at radius 1 is 1.00 bits per heavy atom. The van der Waals surface area contributed by atoms with E-state index in [2.05, 4.69) is 18.2 Å². The van der Waals surface area contributed by atoms with Gasteiger partial charge in [0.05, 0.1) is 12.7 Å². The highest BCUT2D eigenvalue weighted by Gasteiger charge is 2.33. The van der Waals surface area contributed by atoms with Crippen LogP contribution in [0.5, 0.6) is 0 Å². The molecule has 0 aromatic heterocycles. The molecule has 1 heterocycles. The smallest absolute Gasteiger partial charge is 0.184 e. The van der Waals surface area contributed by atoms with Gasteiger partial charge in [0.15, 0.2) is 6.29 Å². The molecule has 0 aliphatic carbocycles. The van der Waals surface area contributed by atoms with Crippen LogP contribution >= 0.6 is 0 Å². The van der Waals surface area contributed by atoms with Crippen molar-refractivity contribution in [2.24, 2.45) is 5.92 Å². The molecule has 0 spiro atoms. The van der Waals surface area contributed by atoms with E-state index in [1.807, 2.05) is 54.6 Å². The van der Waals surface area contributed by atoms with Gasteiger partial charge in [0.2, 0.25) is 0 Å². The number of Topliss-reactive ketones (excluding diaryl/α,β-unsaturated/α-hetero) is 1. The van der Waals surface area contributed by atoms with Crippen molar-refractivity contribution in [3.05, 3.63) is 83.9 Å². The molecular weight excluding hydrogens is 312 g/mol. The number of ether oxygens (including phenoxy) is 2. The number of benzene rings is 2. The third-order valence-electron chi connectivity index (χ3n) is 4.37. The first-order valence-electron chi connectivity index (χ1n) is 8.75. The molecule has 3 atom stereocenters. The molecule has 0 radical (unpaired) electrons. The molecule has 0 bridgehead atoms. The third-order valence-corrected chi connectivity index (χ3v) is 4.37. The fourth-order valence-electron chi connectivity index (χ4n) is 3.07. The van der Waals surface area contributed by atoms with Crippen molar-refractivity contribution in [3.8, 4) is 0 Å². The number of rotatable bonds is 6. The fraction of sp³-hybridized carbons (Fsp3) is 0.318. The van der Waals surface area contributed by atoms with E-state index in [0.717, 1.165) is 17.5 Å². The zero-order chi connectivity index (χ0) is 17.5. The second-order valence-corrected chi connectivity index (χ2v) is 6.42. The Morgan fingerprint density at radius 3 is 2.28 bits per heavy atom. The standard InChI is InChI=1S/C22H24O3/c1-17(23)10-8-9-15-20-16-24-22(19-13-6-3-7-14-19)25-21(20)18-11-4-2-5-12-18/h2-9,11-14,20-22H,10,15-16H2,1H3/b9-8-. The van der Waals surface area contributed by atoms with Gasteiger partial charge >= 0.3 is 0 Å². The van der Waals surface area contributed by atoms with E-state index in [9.17, 15) is 4.79 Å². The van der Waals surface area contributed by atoms with Crippen molar-refractivity contribution in [2.45, 2.75) is 32.2 Å². The largest absolute Gasteiger partial charge is 0.348 e. The molecule has 1 aliphatic heterocycles. The molecule has 130 valence electrons. The highest BCUT2D eigenvalue weighted by atomic mass is 16.7. The Bertz CT molecular complexity index is 694. The molecular formula is C22H24O3. The number of carbonyl (C=O) groups excluding carboxylic acids is 1. The molecule has 3 nitrogen and oxygen atoms in total. The van der Waals surface area contributed by atoms with Crippen LogP contribution in [0, 0.1) is 5.92 Å². The van der Waals surface area contributed by atoms with E-state index in [1.54, 1.807) is 6.92 Å². The first kappa shape index (κ1) is 17.6.